The molecule has 0 saturated carbocycles. The van der Waals surface area contributed by atoms with Gasteiger partial charge in [-0.2, -0.15) is 18.8 Å². The summed E-state index contributed by atoms with van der Waals surface area (Å²) in [5.41, 5.74) is 10.8. The number of benzene rings is 3. The van der Waals surface area contributed by atoms with E-state index in [9.17, 15) is 4.79 Å². The Hall–Kier alpha value is -5.63. The molecule has 0 saturated heterocycles. The van der Waals surface area contributed by atoms with Crippen molar-refractivity contribution in [2.45, 2.75) is 13.8 Å². The standard InChI is InChI=1S/C11H8N2S.C11H8N2.C8H8O.C3H2N2.H2S/c1-13-10-9(7-14-11(10)12)8-5-3-2-4-6-8;1-9(11(8-12)13-2)10-6-4-3-5-7-10;1-7(9)8-5-3-2-4-6-8;1-5-3-2-4;/h2-7H,12H2;3-7H,1H3;2-6H,1H3;3H2;1H2/b;11-9-;;;. The highest BCUT2D eigenvalue weighted by molar-refractivity contribution is 7.59. The molecular weight excluding hydrogens is 561 g/mol. The summed E-state index contributed by atoms with van der Waals surface area (Å²) in [7, 11) is 0. The van der Waals surface area contributed by atoms with Crippen LogP contribution in [0.5, 0.6) is 0 Å². The highest BCUT2D eigenvalue weighted by Crippen LogP contribution is 2.40. The molecule has 1 heterocycles. The zero-order valence-corrected chi connectivity index (χ0v) is 24.9. The van der Waals surface area contributed by atoms with Crippen LogP contribution in [0.1, 0.15) is 29.8 Å². The second kappa shape index (κ2) is 21.2. The van der Waals surface area contributed by atoms with Crippen molar-refractivity contribution < 1.29 is 4.79 Å². The van der Waals surface area contributed by atoms with Crippen LogP contribution in [0.2, 0.25) is 0 Å². The Morgan fingerprint density at radius 2 is 1.36 bits per heavy atom. The van der Waals surface area contributed by atoms with E-state index in [1.165, 1.54) is 11.3 Å². The predicted octanol–water partition coefficient (Wildman–Crippen LogP) is 8.84. The van der Waals surface area contributed by atoms with Crippen LogP contribution in [0.4, 0.5) is 10.7 Å². The topological polar surface area (TPSA) is 104 Å². The maximum atomic E-state index is 10.6. The van der Waals surface area contributed by atoms with E-state index in [0.717, 1.165) is 27.8 Å². The van der Waals surface area contributed by atoms with E-state index in [4.69, 9.17) is 36.0 Å². The average Bonchev–Trinajstić information content (AvgIpc) is 3.40. The van der Waals surface area contributed by atoms with Crippen molar-refractivity contribution in [1.29, 1.82) is 10.5 Å². The number of carbonyl (C=O) groups is 1. The first kappa shape index (κ1) is 36.4. The van der Waals surface area contributed by atoms with Crippen molar-refractivity contribution in [3.05, 3.63) is 147 Å². The zero-order valence-electron chi connectivity index (χ0n) is 23.1. The van der Waals surface area contributed by atoms with Crippen LogP contribution in [-0.4, -0.2) is 12.3 Å². The van der Waals surface area contributed by atoms with E-state index in [0.29, 0.717) is 10.7 Å². The number of rotatable bonds is 3. The third kappa shape index (κ3) is 12.5. The lowest BCUT2D eigenvalue weighted by molar-refractivity contribution is 0.101. The van der Waals surface area contributed by atoms with Crippen LogP contribution in [0.15, 0.2) is 102 Å². The molecule has 0 fully saturated rings. The number of carbonyl (C=O) groups excluding carboxylic acids is 1. The molecule has 42 heavy (non-hydrogen) atoms. The van der Waals surface area contributed by atoms with E-state index in [2.05, 4.69) is 14.5 Å². The molecule has 208 valence electrons. The molecule has 4 aromatic rings. The van der Waals surface area contributed by atoms with Crippen LogP contribution in [0, 0.1) is 42.4 Å². The Balaban J connectivity index is 0.000000560. The first-order valence-electron chi connectivity index (χ1n) is 11.9. The predicted molar refractivity (Wildman–Crippen MR) is 176 cm³/mol. The largest absolute Gasteiger partial charge is 0.399 e. The number of thiophene rings is 1. The third-order valence-corrected chi connectivity index (χ3v) is 5.90. The molecule has 1 aromatic heterocycles. The van der Waals surface area contributed by atoms with Gasteiger partial charge in [-0.3, -0.25) is 4.79 Å². The number of anilines is 1. The number of nitrogens with two attached hydrogens (primary N) is 1. The average molecular weight is 589 g/mol. The van der Waals surface area contributed by atoms with Gasteiger partial charge in [-0.1, -0.05) is 91.0 Å². The summed E-state index contributed by atoms with van der Waals surface area (Å²) in [6.07, 6.45) is 0. The molecule has 0 radical (unpaired) electrons. The monoisotopic (exact) mass is 588 g/mol. The Bertz CT molecular complexity index is 1620. The fraction of sp³-hybridized carbons (Fsp3) is 0.0909. The summed E-state index contributed by atoms with van der Waals surface area (Å²) in [6, 6.07) is 32.0. The molecule has 0 aliphatic heterocycles. The van der Waals surface area contributed by atoms with E-state index < -0.39 is 0 Å². The Labute approximate surface area is 258 Å². The first-order chi connectivity index (χ1) is 19.8. The SMILES string of the molecule is CC(=O)c1ccccc1.S.[C-]#[N+]/C(C#N)=C(/C)c1ccccc1.[C-]#[N+]CC#N.[C-]#[N+]c1c(-c2ccccc2)csc1N. The molecule has 0 spiro atoms. The second-order valence-electron chi connectivity index (χ2n) is 7.80. The molecule has 0 bridgehead atoms. The minimum Gasteiger partial charge on any atom is -0.399 e. The fourth-order valence-corrected chi connectivity index (χ4v) is 3.79. The summed E-state index contributed by atoms with van der Waals surface area (Å²) in [5, 5.41) is 18.8. The van der Waals surface area contributed by atoms with Crippen LogP contribution < -0.4 is 5.73 Å². The van der Waals surface area contributed by atoms with Gasteiger partial charge in [0, 0.05) is 11.1 Å². The van der Waals surface area contributed by atoms with Crippen molar-refractivity contribution in [2.24, 2.45) is 0 Å². The number of Topliss-reactive ketones (excluding diaryl/α,β-unsaturated/α-hetero) is 1. The van der Waals surface area contributed by atoms with Gasteiger partial charge >= 0.3 is 0 Å². The summed E-state index contributed by atoms with van der Waals surface area (Å²) in [6.45, 7) is 23.2. The van der Waals surface area contributed by atoms with E-state index in [1.807, 2.05) is 102 Å². The summed E-state index contributed by atoms with van der Waals surface area (Å²) in [4.78, 5) is 20.0. The van der Waals surface area contributed by atoms with Gasteiger partial charge in [0.05, 0.1) is 24.2 Å². The molecule has 3 aromatic carbocycles. The zero-order chi connectivity index (χ0) is 30.5. The number of hydrogen-bond acceptors (Lipinski definition) is 5. The molecule has 0 aliphatic carbocycles. The van der Waals surface area contributed by atoms with Crippen molar-refractivity contribution in [1.82, 2.24) is 0 Å². The molecular formula is C33H28N6OS2. The lowest BCUT2D eigenvalue weighted by Crippen LogP contribution is -1.88. The van der Waals surface area contributed by atoms with Gasteiger partial charge in [0.2, 0.25) is 5.69 Å². The minimum absolute atomic E-state index is 0. The molecule has 9 heteroatoms. The summed E-state index contributed by atoms with van der Waals surface area (Å²) in [5.74, 6) is 0.121. The van der Waals surface area contributed by atoms with Crippen LogP contribution >= 0.6 is 24.8 Å². The summed E-state index contributed by atoms with van der Waals surface area (Å²) < 4.78 is 0. The second-order valence-corrected chi connectivity index (χ2v) is 8.71. The Kier molecular flexibility index (Phi) is 18.4. The van der Waals surface area contributed by atoms with Gasteiger partial charge in [0.15, 0.2) is 5.78 Å². The van der Waals surface area contributed by atoms with Gasteiger partial charge in [-0.25, -0.2) is 21.5 Å². The number of ketones is 1. The maximum absolute atomic E-state index is 10.6. The van der Waals surface area contributed by atoms with E-state index in [-0.39, 0.29) is 31.5 Å². The van der Waals surface area contributed by atoms with Crippen molar-refractivity contribution in [3.63, 3.8) is 0 Å². The van der Waals surface area contributed by atoms with E-state index in [1.54, 1.807) is 19.9 Å². The number of nitrogen functional groups attached to an aromatic ring is 1. The molecule has 0 unspecified atom stereocenters. The third-order valence-electron chi connectivity index (χ3n) is 5.10. The fourth-order valence-electron chi connectivity index (χ4n) is 3.03. The number of nitriles is 2. The van der Waals surface area contributed by atoms with Gasteiger partial charge in [0.1, 0.15) is 6.07 Å². The molecule has 0 aliphatic rings. The van der Waals surface area contributed by atoms with Crippen LogP contribution in [0.25, 0.3) is 31.2 Å². The number of hydrogen-bond donors (Lipinski definition) is 1. The lowest BCUT2D eigenvalue weighted by Gasteiger charge is -1.99. The number of allylic oxidation sites excluding steroid dienone is 2. The Morgan fingerprint density at radius 1 is 0.857 bits per heavy atom. The maximum Gasteiger partial charge on any atom is 0.298 e. The van der Waals surface area contributed by atoms with Gasteiger partial charge in [-0.05, 0) is 35.9 Å². The van der Waals surface area contributed by atoms with Crippen molar-refractivity contribution in [2.75, 3.05) is 12.3 Å². The minimum atomic E-state index is -0.0139. The highest BCUT2D eigenvalue weighted by Gasteiger charge is 2.10. The Morgan fingerprint density at radius 3 is 1.71 bits per heavy atom. The van der Waals surface area contributed by atoms with Crippen molar-refractivity contribution in [3.8, 4) is 23.3 Å². The van der Waals surface area contributed by atoms with Gasteiger partial charge < -0.3 is 10.6 Å². The van der Waals surface area contributed by atoms with E-state index >= 15 is 0 Å². The van der Waals surface area contributed by atoms with Crippen LogP contribution in [0.3, 0.4) is 0 Å². The molecule has 7 nitrogen and oxygen atoms in total. The normalized spacial score (nSPS) is 9.07. The quantitative estimate of drug-likeness (QED) is 0.112. The molecule has 2 N–H and O–H groups in total. The summed E-state index contributed by atoms with van der Waals surface area (Å²) >= 11 is 1.41. The molecule has 4 rings (SSSR count). The van der Waals surface area contributed by atoms with Gasteiger partial charge in [0.25, 0.3) is 12.2 Å². The number of nitrogens with zero attached hydrogens (tertiary/aromatic N) is 5. The van der Waals surface area contributed by atoms with Crippen molar-refractivity contribution >= 4 is 46.9 Å². The lowest BCUT2D eigenvalue weighted by atomic mass is 10.1. The first-order valence-corrected chi connectivity index (χ1v) is 12.8. The van der Waals surface area contributed by atoms with Gasteiger partial charge in [-0.15, -0.1) is 11.3 Å². The smallest absolute Gasteiger partial charge is 0.298 e. The molecule has 0 amide bonds. The molecule has 0 atom stereocenters. The van der Waals surface area contributed by atoms with Crippen LogP contribution in [-0.2, 0) is 0 Å². The highest BCUT2D eigenvalue weighted by atomic mass is 32.1.